The van der Waals surface area contributed by atoms with Crippen molar-refractivity contribution in [1.29, 1.82) is 0 Å². The van der Waals surface area contributed by atoms with E-state index in [1.54, 1.807) is 0 Å². The summed E-state index contributed by atoms with van der Waals surface area (Å²) < 4.78 is 9.08. The highest BCUT2D eigenvalue weighted by Crippen LogP contribution is 2.61. The van der Waals surface area contributed by atoms with Crippen LogP contribution in [0.4, 0.5) is 17.1 Å². The van der Waals surface area contributed by atoms with E-state index < -0.39 is 0 Å². The van der Waals surface area contributed by atoms with E-state index in [-0.39, 0.29) is 0 Å². The molecule has 0 saturated heterocycles. The average molecular weight is 780 g/mol. The zero-order chi connectivity index (χ0) is 40.0. The number of para-hydroxylation sites is 2. The molecule has 6 nitrogen and oxygen atoms in total. The lowest BCUT2D eigenvalue weighted by molar-refractivity contribution is 0.478. The maximum absolute atomic E-state index is 6.91. The Morgan fingerprint density at radius 3 is 1.77 bits per heavy atom. The maximum atomic E-state index is 6.91. The predicted octanol–water partition coefficient (Wildman–Crippen LogP) is 14.3. The van der Waals surface area contributed by atoms with Gasteiger partial charge in [0.05, 0.1) is 28.1 Å². The van der Waals surface area contributed by atoms with Crippen molar-refractivity contribution >= 4 is 49.6 Å². The van der Waals surface area contributed by atoms with E-state index in [4.69, 9.17) is 19.7 Å². The van der Waals surface area contributed by atoms with Gasteiger partial charge in [-0.15, -0.1) is 0 Å². The molecule has 0 bridgehead atoms. The van der Waals surface area contributed by atoms with Crippen LogP contribution in [0, 0.1) is 0 Å². The number of ether oxygens (including phenoxy) is 1. The summed E-state index contributed by atoms with van der Waals surface area (Å²) in [6, 6.07) is 70.4. The van der Waals surface area contributed by atoms with Crippen LogP contribution >= 0.6 is 0 Å². The number of hydrogen-bond donors (Lipinski definition) is 0. The molecule has 9 aromatic carbocycles. The topological polar surface area (TPSA) is 56.1 Å². The van der Waals surface area contributed by atoms with E-state index in [0.29, 0.717) is 17.6 Å². The van der Waals surface area contributed by atoms with Crippen LogP contribution in [-0.2, 0) is 0 Å². The molecule has 4 heterocycles. The Bertz CT molecular complexity index is 3520. The van der Waals surface area contributed by atoms with Gasteiger partial charge in [0.15, 0.2) is 23.1 Å². The molecule has 11 aromatic rings. The van der Waals surface area contributed by atoms with Crippen molar-refractivity contribution in [2.24, 2.45) is 0 Å². The molecule has 0 unspecified atom stereocenters. The van der Waals surface area contributed by atoms with Gasteiger partial charge >= 0.3 is 0 Å². The number of rotatable bonds is 4. The van der Waals surface area contributed by atoms with Crippen molar-refractivity contribution in [3.63, 3.8) is 0 Å². The monoisotopic (exact) mass is 779 g/mol. The zero-order valence-corrected chi connectivity index (χ0v) is 32.7. The normalized spacial score (nSPS) is 12.4. The summed E-state index contributed by atoms with van der Waals surface area (Å²) in [4.78, 5) is 17.7. The molecule has 13 rings (SSSR count). The summed E-state index contributed by atoms with van der Waals surface area (Å²) in [7, 11) is 0. The van der Waals surface area contributed by atoms with Crippen LogP contribution in [-0.4, -0.2) is 19.5 Å². The number of benzene rings is 9. The SMILES string of the molecule is c1ccc(-c2nc(-c3ccccc3)nc(-n3c4ccccc4c4cc(-c5ccc6c(c5)N5c7ccccc7-c7ccccc7-c7c5c(cc5ccccc75)O6)ccc43)n2)cc1. The highest BCUT2D eigenvalue weighted by Gasteiger charge is 2.35. The minimum atomic E-state index is 0.570. The lowest BCUT2D eigenvalue weighted by Crippen LogP contribution is -2.17. The third-order valence-electron chi connectivity index (χ3n) is 12.2. The van der Waals surface area contributed by atoms with Gasteiger partial charge < -0.3 is 9.64 Å². The highest BCUT2D eigenvalue weighted by molar-refractivity contribution is 6.15. The molecule has 0 spiro atoms. The Labute approximate surface area is 351 Å². The van der Waals surface area contributed by atoms with Crippen LogP contribution < -0.4 is 9.64 Å². The lowest BCUT2D eigenvalue weighted by Gasteiger charge is -2.35. The Hall–Kier alpha value is -8.35. The van der Waals surface area contributed by atoms with Gasteiger partial charge in [0, 0.05) is 33.0 Å². The molecule has 6 heteroatoms. The van der Waals surface area contributed by atoms with Gasteiger partial charge in [0.1, 0.15) is 0 Å². The van der Waals surface area contributed by atoms with Crippen molar-refractivity contribution < 1.29 is 4.74 Å². The number of nitrogens with zero attached hydrogens (tertiary/aromatic N) is 5. The summed E-state index contributed by atoms with van der Waals surface area (Å²) >= 11 is 0. The molecule has 0 N–H and O–H groups in total. The van der Waals surface area contributed by atoms with Crippen LogP contribution in [0.1, 0.15) is 0 Å². The van der Waals surface area contributed by atoms with Crippen LogP contribution in [0.3, 0.4) is 0 Å². The maximum Gasteiger partial charge on any atom is 0.238 e. The van der Waals surface area contributed by atoms with Crippen LogP contribution in [0.25, 0.3) is 94.7 Å². The Morgan fingerprint density at radius 2 is 0.984 bits per heavy atom. The van der Waals surface area contributed by atoms with Gasteiger partial charge in [0.2, 0.25) is 5.95 Å². The van der Waals surface area contributed by atoms with Gasteiger partial charge in [-0.05, 0) is 75.5 Å². The first-order valence-electron chi connectivity index (χ1n) is 20.5. The van der Waals surface area contributed by atoms with E-state index in [0.717, 1.165) is 78.0 Å². The first-order chi connectivity index (χ1) is 30.2. The van der Waals surface area contributed by atoms with Crippen LogP contribution in [0.15, 0.2) is 200 Å². The molecule has 2 aliphatic heterocycles. The van der Waals surface area contributed by atoms with Gasteiger partial charge in [0.25, 0.3) is 0 Å². The summed E-state index contributed by atoms with van der Waals surface area (Å²) in [5.41, 5.74) is 14.0. The zero-order valence-electron chi connectivity index (χ0n) is 32.7. The van der Waals surface area contributed by atoms with E-state index in [9.17, 15) is 0 Å². The largest absolute Gasteiger partial charge is 0.453 e. The standard InChI is InChI=1S/C55H33N5O/c1-3-15-34(16-4-1)53-56-54(35-17-5-2-6-18-35)58-55(57-53)60-46-26-14-12-23-42(46)44-31-36(27-29-47(44)60)37-28-30-49-48(32-37)59-45-25-13-11-22-41(45)40-21-9-10-24-43(40)51-39-20-8-7-19-38(39)33-50(61-49)52(51)59/h1-33H. The minimum Gasteiger partial charge on any atom is -0.453 e. The van der Waals surface area contributed by atoms with Crippen molar-refractivity contribution in [1.82, 2.24) is 19.5 Å². The van der Waals surface area contributed by atoms with Gasteiger partial charge in [-0.3, -0.25) is 4.57 Å². The lowest BCUT2D eigenvalue weighted by atomic mass is 9.91. The van der Waals surface area contributed by atoms with Gasteiger partial charge in [-0.25, -0.2) is 4.98 Å². The highest BCUT2D eigenvalue weighted by atomic mass is 16.5. The second-order valence-corrected chi connectivity index (χ2v) is 15.6. The number of anilines is 3. The first-order valence-corrected chi connectivity index (χ1v) is 20.5. The van der Waals surface area contributed by atoms with Gasteiger partial charge in [-0.2, -0.15) is 9.97 Å². The molecular formula is C55H33N5O. The van der Waals surface area contributed by atoms with E-state index >= 15 is 0 Å². The first kappa shape index (κ1) is 33.6. The smallest absolute Gasteiger partial charge is 0.238 e. The Balaban J connectivity index is 1.01. The summed E-state index contributed by atoms with van der Waals surface area (Å²) in [6.07, 6.45) is 0. The number of aromatic nitrogens is 4. The van der Waals surface area contributed by atoms with E-state index in [1.165, 1.54) is 27.6 Å². The molecule has 284 valence electrons. The second kappa shape index (κ2) is 13.1. The molecule has 0 fully saturated rings. The predicted molar refractivity (Wildman–Crippen MR) is 247 cm³/mol. The molecule has 0 aliphatic carbocycles. The average Bonchev–Trinajstić information content (AvgIpc) is 3.59. The molecule has 2 aliphatic rings. The number of fused-ring (bicyclic) bond motifs is 12. The van der Waals surface area contributed by atoms with Crippen molar-refractivity contribution in [2.75, 3.05) is 4.90 Å². The Morgan fingerprint density at radius 1 is 0.377 bits per heavy atom. The number of hydrogen-bond acceptors (Lipinski definition) is 5. The van der Waals surface area contributed by atoms with E-state index in [2.05, 4.69) is 149 Å². The third kappa shape index (κ3) is 5.12. The van der Waals surface area contributed by atoms with E-state index in [1.807, 2.05) is 60.7 Å². The molecule has 0 saturated carbocycles. The summed E-state index contributed by atoms with van der Waals surface area (Å²) in [5.74, 6) is 3.48. The summed E-state index contributed by atoms with van der Waals surface area (Å²) in [5, 5.41) is 4.57. The fourth-order valence-electron chi connectivity index (χ4n) is 9.43. The minimum absolute atomic E-state index is 0.570. The quantitative estimate of drug-likeness (QED) is 0.178. The van der Waals surface area contributed by atoms with Crippen molar-refractivity contribution in [3.05, 3.63) is 200 Å². The van der Waals surface area contributed by atoms with Gasteiger partial charge in [-0.1, -0.05) is 158 Å². The third-order valence-corrected chi connectivity index (χ3v) is 12.2. The fourth-order valence-corrected chi connectivity index (χ4v) is 9.43. The molecule has 0 radical (unpaired) electrons. The second-order valence-electron chi connectivity index (χ2n) is 15.6. The van der Waals surface area contributed by atoms with Crippen LogP contribution in [0.5, 0.6) is 11.5 Å². The van der Waals surface area contributed by atoms with Crippen LogP contribution in [0.2, 0.25) is 0 Å². The van der Waals surface area contributed by atoms with Crippen molar-refractivity contribution in [3.8, 4) is 73.6 Å². The molecule has 0 atom stereocenters. The molecule has 61 heavy (non-hydrogen) atoms. The summed E-state index contributed by atoms with van der Waals surface area (Å²) in [6.45, 7) is 0. The molecular weight excluding hydrogens is 747 g/mol. The van der Waals surface area contributed by atoms with Crippen molar-refractivity contribution in [2.45, 2.75) is 0 Å². The molecule has 0 amide bonds. The fraction of sp³-hybridized carbons (Fsp3) is 0. The molecule has 2 aromatic heterocycles. The Kier molecular flexibility index (Phi) is 7.21.